The standard InChI is InChI=1S/C11H20O/c1-5-8(6-2)10(12)9-7-11(9,3)4/h8-9H,5-7H2,1-4H3. The Morgan fingerprint density at radius 1 is 1.42 bits per heavy atom. The van der Waals surface area contributed by atoms with E-state index >= 15 is 0 Å². The van der Waals surface area contributed by atoms with Gasteiger partial charge < -0.3 is 0 Å². The summed E-state index contributed by atoms with van der Waals surface area (Å²) < 4.78 is 0. The monoisotopic (exact) mass is 168 g/mol. The maximum atomic E-state index is 11.8. The molecule has 0 spiro atoms. The Bertz CT molecular complexity index is 173. The summed E-state index contributed by atoms with van der Waals surface area (Å²) in [5.41, 5.74) is 0.319. The summed E-state index contributed by atoms with van der Waals surface area (Å²) in [6, 6.07) is 0. The minimum Gasteiger partial charge on any atom is -0.299 e. The quantitative estimate of drug-likeness (QED) is 0.630. The fourth-order valence-corrected chi connectivity index (χ4v) is 1.93. The molecule has 0 bridgehead atoms. The van der Waals surface area contributed by atoms with Crippen LogP contribution >= 0.6 is 0 Å². The highest BCUT2D eigenvalue weighted by atomic mass is 16.1. The predicted molar refractivity (Wildman–Crippen MR) is 51.0 cm³/mol. The van der Waals surface area contributed by atoms with Gasteiger partial charge in [0.05, 0.1) is 0 Å². The first-order chi connectivity index (χ1) is 5.53. The normalized spacial score (nSPS) is 25.9. The van der Waals surface area contributed by atoms with Crippen molar-refractivity contribution in [3.63, 3.8) is 0 Å². The molecule has 1 saturated carbocycles. The molecule has 1 fully saturated rings. The zero-order chi connectivity index (χ0) is 9.35. The highest BCUT2D eigenvalue weighted by Crippen LogP contribution is 2.53. The van der Waals surface area contributed by atoms with Gasteiger partial charge in [0.1, 0.15) is 5.78 Å². The van der Waals surface area contributed by atoms with E-state index in [2.05, 4.69) is 27.7 Å². The molecule has 0 saturated heterocycles. The molecule has 1 heteroatoms. The van der Waals surface area contributed by atoms with Crippen LogP contribution in [0.4, 0.5) is 0 Å². The van der Waals surface area contributed by atoms with Crippen LogP contribution in [0.5, 0.6) is 0 Å². The number of Topliss-reactive ketones (excluding diaryl/α,β-unsaturated/α-hetero) is 1. The Morgan fingerprint density at radius 2 is 1.83 bits per heavy atom. The molecule has 0 amide bonds. The fraction of sp³-hybridized carbons (Fsp3) is 0.909. The van der Waals surface area contributed by atoms with E-state index in [1.807, 2.05) is 0 Å². The van der Waals surface area contributed by atoms with Crippen molar-refractivity contribution in [2.24, 2.45) is 17.3 Å². The summed E-state index contributed by atoms with van der Waals surface area (Å²) in [5.74, 6) is 1.23. The summed E-state index contributed by atoms with van der Waals surface area (Å²) in [4.78, 5) is 11.8. The maximum Gasteiger partial charge on any atom is 0.139 e. The molecule has 1 nitrogen and oxygen atoms in total. The Morgan fingerprint density at radius 3 is 2.08 bits per heavy atom. The van der Waals surface area contributed by atoms with E-state index in [4.69, 9.17) is 0 Å². The van der Waals surface area contributed by atoms with Crippen LogP contribution in [0.2, 0.25) is 0 Å². The number of hydrogen-bond donors (Lipinski definition) is 0. The zero-order valence-electron chi connectivity index (χ0n) is 8.68. The second-order valence-electron chi connectivity index (χ2n) is 4.66. The van der Waals surface area contributed by atoms with Crippen molar-refractivity contribution in [1.29, 1.82) is 0 Å². The first-order valence-electron chi connectivity index (χ1n) is 5.06. The van der Waals surface area contributed by atoms with Crippen LogP contribution in [-0.4, -0.2) is 5.78 Å². The van der Waals surface area contributed by atoms with Gasteiger partial charge in [-0.2, -0.15) is 0 Å². The molecule has 70 valence electrons. The zero-order valence-corrected chi connectivity index (χ0v) is 8.68. The van der Waals surface area contributed by atoms with E-state index in [1.165, 1.54) is 0 Å². The fourth-order valence-electron chi connectivity index (χ4n) is 1.93. The number of carbonyl (C=O) groups is 1. The largest absolute Gasteiger partial charge is 0.299 e. The molecule has 0 N–H and O–H groups in total. The van der Waals surface area contributed by atoms with Crippen molar-refractivity contribution in [3.8, 4) is 0 Å². The minimum atomic E-state index is 0.319. The van der Waals surface area contributed by atoms with Crippen molar-refractivity contribution >= 4 is 5.78 Å². The molecule has 1 rings (SSSR count). The molecule has 1 aliphatic carbocycles. The van der Waals surface area contributed by atoms with E-state index in [-0.39, 0.29) is 0 Å². The average Bonchev–Trinajstić information content (AvgIpc) is 2.62. The highest BCUT2D eigenvalue weighted by Gasteiger charge is 2.51. The van der Waals surface area contributed by atoms with E-state index in [0.717, 1.165) is 19.3 Å². The van der Waals surface area contributed by atoms with Crippen LogP contribution < -0.4 is 0 Å². The topological polar surface area (TPSA) is 17.1 Å². The molecule has 1 atom stereocenters. The third-order valence-electron chi connectivity index (χ3n) is 3.24. The molecule has 1 aliphatic rings. The number of hydrogen-bond acceptors (Lipinski definition) is 1. The van der Waals surface area contributed by atoms with Gasteiger partial charge in [0.2, 0.25) is 0 Å². The SMILES string of the molecule is CCC(CC)C(=O)C1CC1(C)C. The molecule has 0 aromatic carbocycles. The molecular formula is C11H20O. The van der Waals surface area contributed by atoms with E-state index < -0.39 is 0 Å². The second kappa shape index (κ2) is 3.20. The van der Waals surface area contributed by atoms with Gasteiger partial charge in [-0.05, 0) is 24.7 Å². The molecule has 0 aromatic rings. The molecule has 0 aromatic heterocycles. The van der Waals surface area contributed by atoms with Gasteiger partial charge in [0.15, 0.2) is 0 Å². The predicted octanol–water partition coefficient (Wildman–Crippen LogP) is 3.04. The van der Waals surface area contributed by atoms with Crippen molar-refractivity contribution in [1.82, 2.24) is 0 Å². The first kappa shape index (κ1) is 9.76. The van der Waals surface area contributed by atoms with Crippen molar-refractivity contribution in [3.05, 3.63) is 0 Å². The van der Waals surface area contributed by atoms with Crippen LogP contribution in [0.3, 0.4) is 0 Å². The van der Waals surface area contributed by atoms with E-state index in [1.54, 1.807) is 0 Å². The van der Waals surface area contributed by atoms with Crippen LogP contribution in [0.25, 0.3) is 0 Å². The molecule has 0 heterocycles. The van der Waals surface area contributed by atoms with Gasteiger partial charge in [-0.1, -0.05) is 27.7 Å². The average molecular weight is 168 g/mol. The van der Waals surface area contributed by atoms with Crippen molar-refractivity contribution < 1.29 is 4.79 Å². The third-order valence-corrected chi connectivity index (χ3v) is 3.24. The minimum absolute atomic E-state index is 0.319. The number of rotatable bonds is 4. The summed E-state index contributed by atoms with van der Waals surface area (Å²) in [6.07, 6.45) is 3.14. The lowest BCUT2D eigenvalue weighted by molar-refractivity contribution is -0.125. The van der Waals surface area contributed by atoms with Crippen LogP contribution in [-0.2, 0) is 4.79 Å². The highest BCUT2D eigenvalue weighted by molar-refractivity contribution is 5.86. The lowest BCUT2D eigenvalue weighted by atomic mass is 9.92. The number of ketones is 1. The first-order valence-corrected chi connectivity index (χ1v) is 5.06. The van der Waals surface area contributed by atoms with Crippen LogP contribution in [0, 0.1) is 17.3 Å². The van der Waals surface area contributed by atoms with Gasteiger partial charge in [0.25, 0.3) is 0 Å². The van der Waals surface area contributed by atoms with Gasteiger partial charge in [-0.3, -0.25) is 4.79 Å². The Hall–Kier alpha value is -0.330. The van der Waals surface area contributed by atoms with Gasteiger partial charge in [-0.25, -0.2) is 0 Å². The molecular weight excluding hydrogens is 148 g/mol. The molecule has 12 heavy (non-hydrogen) atoms. The summed E-state index contributed by atoms with van der Waals surface area (Å²) in [6.45, 7) is 8.61. The van der Waals surface area contributed by atoms with Gasteiger partial charge in [-0.15, -0.1) is 0 Å². The summed E-state index contributed by atoms with van der Waals surface area (Å²) in [7, 11) is 0. The lowest BCUT2D eigenvalue weighted by Crippen LogP contribution is -2.17. The Balaban J connectivity index is 2.49. The smallest absolute Gasteiger partial charge is 0.139 e. The van der Waals surface area contributed by atoms with E-state index in [9.17, 15) is 4.79 Å². The molecule has 1 unspecified atom stereocenters. The third kappa shape index (κ3) is 1.70. The van der Waals surface area contributed by atoms with Crippen LogP contribution in [0.1, 0.15) is 47.0 Å². The Labute approximate surface area is 75.5 Å². The molecule has 0 radical (unpaired) electrons. The van der Waals surface area contributed by atoms with Gasteiger partial charge in [0, 0.05) is 11.8 Å². The summed E-state index contributed by atoms with van der Waals surface area (Å²) >= 11 is 0. The van der Waals surface area contributed by atoms with E-state index in [0.29, 0.717) is 23.0 Å². The number of carbonyl (C=O) groups excluding carboxylic acids is 1. The Kier molecular flexibility index (Phi) is 2.60. The maximum absolute atomic E-state index is 11.8. The van der Waals surface area contributed by atoms with Crippen LogP contribution in [0.15, 0.2) is 0 Å². The second-order valence-corrected chi connectivity index (χ2v) is 4.66. The lowest BCUT2D eigenvalue weighted by Gasteiger charge is -2.11. The molecule has 0 aliphatic heterocycles. The van der Waals surface area contributed by atoms with Crippen molar-refractivity contribution in [2.75, 3.05) is 0 Å². The summed E-state index contributed by atoms with van der Waals surface area (Å²) in [5, 5.41) is 0. The van der Waals surface area contributed by atoms with Crippen molar-refractivity contribution in [2.45, 2.75) is 47.0 Å². The van der Waals surface area contributed by atoms with Gasteiger partial charge >= 0.3 is 0 Å².